The quantitative estimate of drug-likeness (QED) is 0.828. The molecule has 104 valence electrons. The first-order valence-corrected chi connectivity index (χ1v) is 7.90. The molecule has 0 bridgehead atoms. The van der Waals surface area contributed by atoms with Crippen molar-refractivity contribution in [3.8, 4) is 0 Å². The van der Waals surface area contributed by atoms with Crippen molar-refractivity contribution in [2.75, 3.05) is 17.2 Å². The molecule has 2 nitrogen and oxygen atoms in total. The van der Waals surface area contributed by atoms with Gasteiger partial charge in [0.15, 0.2) is 0 Å². The highest BCUT2D eigenvalue weighted by Crippen LogP contribution is 2.28. The summed E-state index contributed by atoms with van der Waals surface area (Å²) < 4.78 is 0.984. The molecular formula is C17H19BrN2. The minimum atomic E-state index is 0.796. The van der Waals surface area contributed by atoms with E-state index in [1.807, 2.05) is 6.07 Å². The van der Waals surface area contributed by atoms with Crippen LogP contribution < -0.4 is 10.6 Å². The third-order valence-corrected chi connectivity index (χ3v) is 4.58. The molecule has 0 unspecified atom stereocenters. The maximum atomic E-state index is 5.86. The van der Waals surface area contributed by atoms with Gasteiger partial charge in [-0.1, -0.05) is 24.3 Å². The van der Waals surface area contributed by atoms with Gasteiger partial charge in [0.05, 0.1) is 0 Å². The smallest absolute Gasteiger partial charge is 0.0458 e. The summed E-state index contributed by atoms with van der Waals surface area (Å²) in [7, 11) is 0. The molecule has 0 saturated carbocycles. The predicted octanol–water partition coefficient (Wildman–Crippen LogP) is 4.37. The Bertz CT molecular complexity index is 610. The number of anilines is 2. The van der Waals surface area contributed by atoms with E-state index in [-0.39, 0.29) is 0 Å². The summed E-state index contributed by atoms with van der Waals surface area (Å²) in [5.74, 6) is 0. The number of nitrogen functional groups attached to an aromatic ring is 1. The Labute approximate surface area is 128 Å². The number of aryl methyl sites for hydroxylation is 1. The highest BCUT2D eigenvalue weighted by Gasteiger charge is 2.15. The summed E-state index contributed by atoms with van der Waals surface area (Å²) >= 11 is 3.51. The van der Waals surface area contributed by atoms with Crippen LogP contribution in [0.1, 0.15) is 24.0 Å². The highest BCUT2D eigenvalue weighted by atomic mass is 79.9. The molecule has 1 aliphatic heterocycles. The van der Waals surface area contributed by atoms with Gasteiger partial charge in [-0.2, -0.15) is 0 Å². The molecule has 0 aromatic heterocycles. The maximum Gasteiger partial charge on any atom is 0.0458 e. The Morgan fingerprint density at radius 2 is 1.95 bits per heavy atom. The Morgan fingerprint density at radius 3 is 2.80 bits per heavy atom. The van der Waals surface area contributed by atoms with E-state index in [1.54, 1.807) is 0 Å². The minimum Gasteiger partial charge on any atom is -0.398 e. The van der Waals surface area contributed by atoms with Crippen molar-refractivity contribution in [2.24, 2.45) is 0 Å². The average molecular weight is 331 g/mol. The lowest BCUT2D eigenvalue weighted by molar-refractivity contribution is 0.714. The Morgan fingerprint density at radius 1 is 1.10 bits per heavy atom. The predicted molar refractivity (Wildman–Crippen MR) is 89.0 cm³/mol. The third kappa shape index (κ3) is 2.83. The molecule has 0 aliphatic carbocycles. The molecule has 1 aliphatic rings. The van der Waals surface area contributed by atoms with E-state index in [4.69, 9.17) is 5.73 Å². The Hall–Kier alpha value is -1.48. The molecule has 2 aromatic rings. The van der Waals surface area contributed by atoms with Crippen LogP contribution in [-0.2, 0) is 13.0 Å². The molecule has 3 rings (SSSR count). The first-order valence-electron chi connectivity index (χ1n) is 7.11. The van der Waals surface area contributed by atoms with Crippen LogP contribution in [0.2, 0.25) is 0 Å². The van der Waals surface area contributed by atoms with E-state index in [0.717, 1.165) is 23.2 Å². The number of para-hydroxylation sites is 1. The van der Waals surface area contributed by atoms with E-state index < -0.39 is 0 Å². The monoisotopic (exact) mass is 330 g/mol. The van der Waals surface area contributed by atoms with Gasteiger partial charge >= 0.3 is 0 Å². The van der Waals surface area contributed by atoms with Gasteiger partial charge in [0.2, 0.25) is 0 Å². The molecule has 0 amide bonds. The second kappa shape index (κ2) is 5.88. The standard InChI is InChI=1S/C17H19BrN2/c18-15-11-13(8-9-16(15)19)12-20-10-4-3-6-14-5-1-2-7-17(14)20/h1-2,5,7-9,11H,3-4,6,10,12,19H2. The van der Waals surface area contributed by atoms with Gasteiger partial charge in [-0.15, -0.1) is 0 Å². The lowest BCUT2D eigenvalue weighted by Crippen LogP contribution is -2.23. The van der Waals surface area contributed by atoms with Gasteiger partial charge in [0.25, 0.3) is 0 Å². The van der Waals surface area contributed by atoms with Crippen LogP contribution in [0.25, 0.3) is 0 Å². The zero-order chi connectivity index (χ0) is 13.9. The molecule has 0 radical (unpaired) electrons. The van der Waals surface area contributed by atoms with Crippen LogP contribution in [-0.4, -0.2) is 6.54 Å². The lowest BCUT2D eigenvalue weighted by Gasteiger charge is -2.25. The van der Waals surface area contributed by atoms with Gasteiger partial charge in [-0.05, 0) is 64.5 Å². The van der Waals surface area contributed by atoms with Gasteiger partial charge in [0, 0.05) is 28.9 Å². The van der Waals surface area contributed by atoms with E-state index in [2.05, 4.69) is 57.2 Å². The summed E-state index contributed by atoms with van der Waals surface area (Å²) in [5.41, 5.74) is 10.8. The summed E-state index contributed by atoms with van der Waals surface area (Å²) in [4.78, 5) is 2.49. The van der Waals surface area contributed by atoms with Crippen LogP contribution in [0.5, 0.6) is 0 Å². The fourth-order valence-corrected chi connectivity index (χ4v) is 3.25. The van der Waals surface area contributed by atoms with Crippen LogP contribution in [0.15, 0.2) is 46.9 Å². The fraction of sp³-hybridized carbons (Fsp3) is 0.294. The van der Waals surface area contributed by atoms with Gasteiger partial charge in [-0.3, -0.25) is 0 Å². The first kappa shape index (κ1) is 13.5. The molecule has 0 spiro atoms. The molecule has 0 saturated heterocycles. The zero-order valence-electron chi connectivity index (χ0n) is 11.5. The van der Waals surface area contributed by atoms with Gasteiger partial charge in [0.1, 0.15) is 0 Å². The van der Waals surface area contributed by atoms with E-state index in [9.17, 15) is 0 Å². The van der Waals surface area contributed by atoms with Crippen molar-refractivity contribution in [1.29, 1.82) is 0 Å². The van der Waals surface area contributed by atoms with E-state index in [0.29, 0.717) is 0 Å². The number of fused-ring (bicyclic) bond motifs is 1. The molecular weight excluding hydrogens is 312 g/mol. The van der Waals surface area contributed by atoms with Crippen molar-refractivity contribution < 1.29 is 0 Å². The fourth-order valence-electron chi connectivity index (χ4n) is 2.82. The maximum absolute atomic E-state index is 5.86. The number of benzene rings is 2. The summed E-state index contributed by atoms with van der Waals surface area (Å²) in [6.45, 7) is 2.06. The number of halogens is 1. The van der Waals surface area contributed by atoms with Crippen LogP contribution in [0.3, 0.4) is 0 Å². The number of nitrogens with two attached hydrogens (primary N) is 1. The van der Waals surface area contributed by atoms with Crippen LogP contribution >= 0.6 is 15.9 Å². The van der Waals surface area contributed by atoms with Crippen LogP contribution in [0, 0.1) is 0 Å². The topological polar surface area (TPSA) is 29.3 Å². The average Bonchev–Trinajstić information content (AvgIpc) is 2.66. The lowest BCUT2D eigenvalue weighted by atomic mass is 10.1. The molecule has 20 heavy (non-hydrogen) atoms. The van der Waals surface area contributed by atoms with Gasteiger partial charge < -0.3 is 10.6 Å². The second-order valence-electron chi connectivity index (χ2n) is 5.36. The van der Waals surface area contributed by atoms with Crippen LogP contribution in [0.4, 0.5) is 11.4 Å². The molecule has 1 heterocycles. The number of rotatable bonds is 2. The normalized spacial score (nSPS) is 14.8. The van der Waals surface area contributed by atoms with E-state index in [1.165, 1.54) is 36.1 Å². The van der Waals surface area contributed by atoms with Crippen molar-refractivity contribution in [1.82, 2.24) is 0 Å². The summed E-state index contributed by atoms with van der Waals surface area (Å²) in [6, 6.07) is 15.0. The third-order valence-electron chi connectivity index (χ3n) is 3.89. The van der Waals surface area contributed by atoms with Crippen molar-refractivity contribution >= 4 is 27.3 Å². The van der Waals surface area contributed by atoms with Crippen molar-refractivity contribution in [2.45, 2.75) is 25.8 Å². The number of nitrogens with zero attached hydrogens (tertiary/aromatic N) is 1. The first-order chi connectivity index (χ1) is 9.74. The zero-order valence-corrected chi connectivity index (χ0v) is 13.1. The molecule has 2 aromatic carbocycles. The van der Waals surface area contributed by atoms with Crippen molar-refractivity contribution in [3.63, 3.8) is 0 Å². The van der Waals surface area contributed by atoms with Crippen molar-refractivity contribution in [3.05, 3.63) is 58.1 Å². The minimum absolute atomic E-state index is 0.796. The molecule has 0 fully saturated rings. The van der Waals surface area contributed by atoms with Gasteiger partial charge in [-0.25, -0.2) is 0 Å². The number of hydrogen-bond donors (Lipinski definition) is 1. The van der Waals surface area contributed by atoms with E-state index >= 15 is 0 Å². The largest absolute Gasteiger partial charge is 0.398 e. The SMILES string of the molecule is Nc1ccc(CN2CCCCc3ccccc32)cc1Br. The number of hydrogen-bond acceptors (Lipinski definition) is 2. The highest BCUT2D eigenvalue weighted by molar-refractivity contribution is 9.10. The molecule has 2 N–H and O–H groups in total. The summed E-state index contributed by atoms with van der Waals surface area (Å²) in [6.07, 6.45) is 3.72. The Balaban J connectivity index is 1.88. The Kier molecular flexibility index (Phi) is 3.97. The molecule has 3 heteroatoms. The summed E-state index contributed by atoms with van der Waals surface area (Å²) in [5, 5.41) is 0. The second-order valence-corrected chi connectivity index (χ2v) is 6.22. The molecule has 0 atom stereocenters.